The molecule has 2 heterocycles. The second-order valence-electron chi connectivity index (χ2n) is 4.91. The number of hydrogen-bond donors (Lipinski definition) is 0. The Morgan fingerprint density at radius 3 is 1.32 bits per heavy atom. The van der Waals surface area contributed by atoms with Crippen molar-refractivity contribution in [3.8, 4) is 22.3 Å². The molecular weight excluding hydrogens is 268 g/mol. The van der Waals surface area contributed by atoms with Crippen LogP contribution in [-0.2, 0) is 0 Å². The fourth-order valence-corrected chi connectivity index (χ4v) is 2.53. The first-order valence-electron chi connectivity index (χ1n) is 7.07. The highest BCUT2D eigenvalue weighted by Crippen LogP contribution is 2.33. The molecule has 0 N–H and O–H groups in total. The largest absolute Gasteiger partial charge is 0.265 e. The van der Waals surface area contributed by atoms with E-state index in [4.69, 9.17) is 0 Å². The number of nitrogens with zero attached hydrogens (tertiary/aromatic N) is 2. The van der Waals surface area contributed by atoms with Crippen LogP contribution in [-0.4, -0.2) is 9.97 Å². The number of aromatic nitrogens is 2. The van der Waals surface area contributed by atoms with Crippen molar-refractivity contribution in [3.63, 3.8) is 0 Å². The van der Waals surface area contributed by atoms with Crippen LogP contribution in [0.2, 0.25) is 0 Å². The third kappa shape index (κ3) is 2.59. The lowest BCUT2D eigenvalue weighted by Gasteiger charge is -2.13. The summed E-state index contributed by atoms with van der Waals surface area (Å²) < 4.78 is 0. The van der Waals surface area contributed by atoms with Gasteiger partial charge in [-0.15, -0.1) is 0 Å². The summed E-state index contributed by atoms with van der Waals surface area (Å²) in [6.07, 6.45) is 11.0. The van der Waals surface area contributed by atoms with Crippen LogP contribution in [0, 0.1) is 0 Å². The maximum atomic E-state index is 4.08. The summed E-state index contributed by atoms with van der Waals surface area (Å²) in [4.78, 5) is 8.16. The maximum absolute atomic E-state index is 4.08. The van der Waals surface area contributed by atoms with Crippen molar-refractivity contribution in [1.82, 2.24) is 9.97 Å². The first-order chi connectivity index (χ1) is 10.8. The number of hydrogen-bond acceptors (Lipinski definition) is 2. The van der Waals surface area contributed by atoms with Crippen LogP contribution in [0.4, 0.5) is 0 Å². The van der Waals surface area contributed by atoms with E-state index in [1.165, 1.54) is 0 Å². The van der Waals surface area contributed by atoms with Gasteiger partial charge in [0.15, 0.2) is 0 Å². The molecule has 0 aliphatic carbocycles. The van der Waals surface area contributed by atoms with Gasteiger partial charge in [-0.1, -0.05) is 25.3 Å². The van der Waals surface area contributed by atoms with Crippen molar-refractivity contribution >= 4 is 12.2 Å². The highest BCUT2D eigenvalue weighted by Gasteiger charge is 2.09. The molecule has 2 aromatic heterocycles. The van der Waals surface area contributed by atoms with Crippen LogP contribution in [0.15, 0.2) is 74.3 Å². The molecule has 0 fully saturated rings. The fraction of sp³-hybridized carbons (Fsp3) is 0. The van der Waals surface area contributed by atoms with Crippen LogP contribution in [0.25, 0.3) is 34.4 Å². The van der Waals surface area contributed by atoms with Crippen molar-refractivity contribution in [2.75, 3.05) is 0 Å². The molecule has 0 amide bonds. The molecule has 3 aromatic rings. The second kappa shape index (κ2) is 6.19. The normalized spacial score (nSPS) is 10.2. The van der Waals surface area contributed by atoms with Crippen molar-refractivity contribution in [3.05, 3.63) is 85.5 Å². The molecule has 1 aromatic carbocycles. The molecule has 0 aliphatic heterocycles. The van der Waals surface area contributed by atoms with Gasteiger partial charge in [0, 0.05) is 24.8 Å². The summed E-state index contributed by atoms with van der Waals surface area (Å²) in [6, 6.07) is 12.3. The van der Waals surface area contributed by atoms with Gasteiger partial charge in [-0.25, -0.2) is 0 Å². The van der Waals surface area contributed by atoms with Gasteiger partial charge in [0.05, 0.1) is 0 Å². The Morgan fingerprint density at radius 1 is 0.636 bits per heavy atom. The Labute approximate surface area is 130 Å². The third-order valence-electron chi connectivity index (χ3n) is 3.64. The molecule has 3 rings (SSSR count). The minimum Gasteiger partial charge on any atom is -0.265 e. The smallest absolute Gasteiger partial charge is 0.0273 e. The molecule has 2 heteroatoms. The second-order valence-corrected chi connectivity index (χ2v) is 4.91. The van der Waals surface area contributed by atoms with Crippen molar-refractivity contribution in [2.24, 2.45) is 0 Å². The lowest BCUT2D eigenvalue weighted by Crippen LogP contribution is -1.90. The van der Waals surface area contributed by atoms with E-state index in [0.717, 1.165) is 33.4 Å². The average molecular weight is 284 g/mol. The maximum Gasteiger partial charge on any atom is 0.0273 e. The van der Waals surface area contributed by atoms with Crippen molar-refractivity contribution in [1.29, 1.82) is 0 Å². The van der Waals surface area contributed by atoms with E-state index in [1.54, 1.807) is 24.8 Å². The van der Waals surface area contributed by atoms with Crippen LogP contribution in [0.3, 0.4) is 0 Å². The highest BCUT2D eigenvalue weighted by atomic mass is 14.6. The Balaban J connectivity index is 2.24. The molecule has 0 atom stereocenters. The van der Waals surface area contributed by atoms with Gasteiger partial charge < -0.3 is 0 Å². The quantitative estimate of drug-likeness (QED) is 0.666. The molecule has 106 valence electrons. The number of rotatable bonds is 4. The molecular formula is C20H16N2. The third-order valence-corrected chi connectivity index (χ3v) is 3.64. The van der Waals surface area contributed by atoms with E-state index in [2.05, 4.69) is 35.3 Å². The van der Waals surface area contributed by atoms with Gasteiger partial charge in [0.25, 0.3) is 0 Å². The van der Waals surface area contributed by atoms with Crippen LogP contribution < -0.4 is 0 Å². The van der Waals surface area contributed by atoms with E-state index in [0.29, 0.717) is 0 Å². The summed E-state index contributed by atoms with van der Waals surface area (Å²) in [5, 5.41) is 0. The van der Waals surface area contributed by atoms with Crippen molar-refractivity contribution < 1.29 is 0 Å². The molecule has 0 radical (unpaired) electrons. The minimum absolute atomic E-state index is 1.09. The molecule has 0 bridgehead atoms. The van der Waals surface area contributed by atoms with Gasteiger partial charge in [-0.2, -0.15) is 0 Å². The zero-order chi connectivity index (χ0) is 15.4. The zero-order valence-electron chi connectivity index (χ0n) is 12.2. The molecule has 22 heavy (non-hydrogen) atoms. The zero-order valence-corrected chi connectivity index (χ0v) is 12.2. The summed E-state index contributed by atoms with van der Waals surface area (Å²) in [6.45, 7) is 7.91. The summed E-state index contributed by atoms with van der Waals surface area (Å²) in [5.41, 5.74) is 6.67. The Bertz CT molecular complexity index is 735. The Hall–Kier alpha value is -3.00. The van der Waals surface area contributed by atoms with E-state index >= 15 is 0 Å². The van der Waals surface area contributed by atoms with Gasteiger partial charge in [0.1, 0.15) is 0 Å². The van der Waals surface area contributed by atoms with Crippen molar-refractivity contribution in [2.45, 2.75) is 0 Å². The van der Waals surface area contributed by atoms with Gasteiger partial charge in [-0.05, 0) is 69.8 Å². The van der Waals surface area contributed by atoms with Crippen LogP contribution in [0.5, 0.6) is 0 Å². The van der Waals surface area contributed by atoms with E-state index in [1.807, 2.05) is 36.4 Å². The predicted octanol–water partition coefficient (Wildman–Crippen LogP) is 5.10. The first kappa shape index (κ1) is 14.0. The Kier molecular flexibility index (Phi) is 3.92. The topological polar surface area (TPSA) is 25.8 Å². The molecule has 0 saturated carbocycles. The van der Waals surface area contributed by atoms with Gasteiger partial charge >= 0.3 is 0 Å². The molecule has 0 spiro atoms. The number of benzene rings is 1. The molecule has 0 aliphatic rings. The lowest BCUT2D eigenvalue weighted by atomic mass is 9.91. The van der Waals surface area contributed by atoms with Gasteiger partial charge in [0.2, 0.25) is 0 Å². The molecule has 0 saturated heterocycles. The summed E-state index contributed by atoms with van der Waals surface area (Å²) >= 11 is 0. The van der Waals surface area contributed by atoms with E-state index < -0.39 is 0 Å². The monoisotopic (exact) mass is 284 g/mol. The minimum atomic E-state index is 1.09. The van der Waals surface area contributed by atoms with Crippen LogP contribution in [0.1, 0.15) is 11.1 Å². The van der Waals surface area contributed by atoms with Gasteiger partial charge in [-0.3, -0.25) is 9.97 Å². The van der Waals surface area contributed by atoms with Crippen LogP contribution >= 0.6 is 0 Å². The summed E-state index contributed by atoms with van der Waals surface area (Å²) in [7, 11) is 0. The fourth-order valence-electron chi connectivity index (χ4n) is 2.53. The predicted molar refractivity (Wildman–Crippen MR) is 93.1 cm³/mol. The average Bonchev–Trinajstić information content (AvgIpc) is 2.62. The standard InChI is InChI=1S/C20H16N2/c1-3-15-13-20(18-7-11-22-12-8-18)16(4-2)14-19(15)17-5-9-21-10-6-17/h3-14H,1-2H2. The first-order valence-corrected chi connectivity index (χ1v) is 7.07. The lowest BCUT2D eigenvalue weighted by molar-refractivity contribution is 1.32. The number of pyridine rings is 2. The molecule has 2 nitrogen and oxygen atoms in total. The molecule has 0 unspecified atom stereocenters. The Morgan fingerprint density at radius 2 is 1.00 bits per heavy atom. The highest BCUT2D eigenvalue weighted by molar-refractivity contribution is 5.85. The SMILES string of the molecule is C=Cc1cc(-c2ccncc2)c(C=C)cc1-c1ccncc1. The summed E-state index contributed by atoms with van der Waals surface area (Å²) in [5.74, 6) is 0. The van der Waals surface area contributed by atoms with E-state index in [-0.39, 0.29) is 0 Å². The van der Waals surface area contributed by atoms with E-state index in [9.17, 15) is 0 Å².